The highest BCUT2D eigenvalue weighted by Gasteiger charge is 2.27. The van der Waals surface area contributed by atoms with Gasteiger partial charge in [-0.05, 0) is 6.42 Å². The number of hydrogen-bond acceptors (Lipinski definition) is 3. The molecule has 1 amide bonds. The summed E-state index contributed by atoms with van der Waals surface area (Å²) in [5.41, 5.74) is 0. The molecule has 0 aliphatic carbocycles. The molecule has 1 heterocycles. The van der Waals surface area contributed by atoms with Crippen molar-refractivity contribution >= 4 is 15.9 Å². The summed E-state index contributed by atoms with van der Waals surface area (Å²) in [7, 11) is -3.11. The molecule has 1 aliphatic rings. The second kappa shape index (κ2) is 5.82. The highest BCUT2D eigenvalue weighted by atomic mass is 32.2. The summed E-state index contributed by atoms with van der Waals surface area (Å²) in [5.74, 6) is 0.199. The van der Waals surface area contributed by atoms with Gasteiger partial charge in [-0.3, -0.25) is 4.79 Å². The Labute approximate surface area is 104 Å². The number of sulfonamides is 1. The molecule has 0 bridgehead atoms. The lowest BCUT2D eigenvalue weighted by molar-refractivity contribution is -0.136. The highest BCUT2D eigenvalue weighted by molar-refractivity contribution is 7.88. The minimum Gasteiger partial charge on any atom is -0.340 e. The van der Waals surface area contributed by atoms with Crippen LogP contribution in [-0.4, -0.2) is 56.0 Å². The van der Waals surface area contributed by atoms with Crippen molar-refractivity contribution in [3.8, 4) is 0 Å². The van der Waals surface area contributed by atoms with Gasteiger partial charge in [0.1, 0.15) is 0 Å². The SMILES string of the molecule is CCCC(C)C(=O)N1CCN(S(C)(=O)=O)CC1. The third-order valence-electron chi connectivity index (χ3n) is 3.16. The van der Waals surface area contributed by atoms with Gasteiger partial charge in [0.2, 0.25) is 15.9 Å². The fraction of sp³-hybridized carbons (Fsp3) is 0.909. The van der Waals surface area contributed by atoms with Crippen molar-refractivity contribution in [2.24, 2.45) is 5.92 Å². The topological polar surface area (TPSA) is 57.7 Å². The first kappa shape index (κ1) is 14.4. The van der Waals surface area contributed by atoms with Gasteiger partial charge in [-0.2, -0.15) is 4.31 Å². The van der Waals surface area contributed by atoms with Crippen molar-refractivity contribution in [3.63, 3.8) is 0 Å². The molecule has 0 N–H and O–H groups in total. The second-order valence-electron chi connectivity index (χ2n) is 4.68. The minimum absolute atomic E-state index is 0.0461. The van der Waals surface area contributed by atoms with E-state index in [9.17, 15) is 13.2 Å². The van der Waals surface area contributed by atoms with E-state index in [1.807, 2.05) is 6.92 Å². The third-order valence-corrected chi connectivity index (χ3v) is 4.47. The molecule has 5 nitrogen and oxygen atoms in total. The third kappa shape index (κ3) is 3.96. The lowest BCUT2D eigenvalue weighted by atomic mass is 10.0. The standard InChI is InChI=1S/C11H22N2O3S/c1-4-5-10(2)11(14)12-6-8-13(9-7-12)17(3,15)16/h10H,4-9H2,1-3H3. The lowest BCUT2D eigenvalue weighted by Gasteiger charge is -2.34. The zero-order chi connectivity index (χ0) is 13.1. The molecule has 1 saturated heterocycles. The molecular weight excluding hydrogens is 240 g/mol. The van der Waals surface area contributed by atoms with Crippen molar-refractivity contribution in [1.82, 2.24) is 9.21 Å². The Kier molecular flexibility index (Phi) is 4.94. The predicted molar refractivity (Wildman–Crippen MR) is 67.1 cm³/mol. The van der Waals surface area contributed by atoms with Crippen LogP contribution in [0.25, 0.3) is 0 Å². The first-order valence-corrected chi connectivity index (χ1v) is 7.95. The molecule has 1 rings (SSSR count). The normalized spacial score (nSPS) is 20.3. The summed E-state index contributed by atoms with van der Waals surface area (Å²) in [6, 6.07) is 0. The van der Waals surface area contributed by atoms with Gasteiger partial charge < -0.3 is 4.90 Å². The fourth-order valence-corrected chi connectivity index (χ4v) is 2.93. The van der Waals surface area contributed by atoms with Gasteiger partial charge in [-0.1, -0.05) is 20.3 Å². The van der Waals surface area contributed by atoms with Crippen LogP contribution in [0.2, 0.25) is 0 Å². The molecule has 1 atom stereocenters. The van der Waals surface area contributed by atoms with E-state index < -0.39 is 10.0 Å². The number of carbonyl (C=O) groups excluding carboxylic acids is 1. The molecular formula is C11H22N2O3S. The van der Waals surface area contributed by atoms with Crippen LogP contribution in [0.4, 0.5) is 0 Å². The summed E-state index contributed by atoms with van der Waals surface area (Å²) >= 11 is 0. The van der Waals surface area contributed by atoms with E-state index in [1.165, 1.54) is 10.6 Å². The monoisotopic (exact) mass is 262 g/mol. The largest absolute Gasteiger partial charge is 0.340 e. The maximum atomic E-state index is 12.0. The maximum absolute atomic E-state index is 12.0. The van der Waals surface area contributed by atoms with E-state index in [2.05, 4.69) is 6.92 Å². The maximum Gasteiger partial charge on any atom is 0.225 e. The Morgan fingerprint density at radius 2 is 1.76 bits per heavy atom. The summed E-state index contributed by atoms with van der Waals surface area (Å²) in [6.45, 7) is 5.87. The van der Waals surface area contributed by atoms with E-state index >= 15 is 0 Å². The van der Waals surface area contributed by atoms with Gasteiger partial charge in [0, 0.05) is 32.1 Å². The van der Waals surface area contributed by atoms with Crippen LogP contribution in [0.15, 0.2) is 0 Å². The lowest BCUT2D eigenvalue weighted by Crippen LogP contribution is -2.51. The number of nitrogens with zero attached hydrogens (tertiary/aromatic N) is 2. The Bertz CT molecular complexity index is 359. The van der Waals surface area contributed by atoms with E-state index in [-0.39, 0.29) is 11.8 Å². The molecule has 1 aliphatic heterocycles. The first-order valence-electron chi connectivity index (χ1n) is 6.10. The molecule has 0 radical (unpaired) electrons. The summed E-state index contributed by atoms with van der Waals surface area (Å²) < 4.78 is 24.1. The van der Waals surface area contributed by atoms with Crippen molar-refractivity contribution < 1.29 is 13.2 Å². The second-order valence-corrected chi connectivity index (χ2v) is 6.66. The Morgan fingerprint density at radius 1 is 1.24 bits per heavy atom. The Morgan fingerprint density at radius 3 is 2.18 bits per heavy atom. The van der Waals surface area contributed by atoms with Gasteiger partial charge in [0.15, 0.2) is 0 Å². The van der Waals surface area contributed by atoms with Gasteiger partial charge in [-0.25, -0.2) is 8.42 Å². The van der Waals surface area contributed by atoms with Gasteiger partial charge in [0.25, 0.3) is 0 Å². The van der Waals surface area contributed by atoms with Crippen LogP contribution in [0, 0.1) is 5.92 Å². The number of rotatable bonds is 4. The molecule has 0 saturated carbocycles. The van der Waals surface area contributed by atoms with Crippen LogP contribution >= 0.6 is 0 Å². The molecule has 1 fully saturated rings. The Hall–Kier alpha value is -0.620. The van der Waals surface area contributed by atoms with E-state index in [0.29, 0.717) is 26.2 Å². The van der Waals surface area contributed by atoms with Crippen LogP contribution in [0.3, 0.4) is 0 Å². The Balaban J connectivity index is 2.49. The van der Waals surface area contributed by atoms with Crippen LogP contribution in [-0.2, 0) is 14.8 Å². The van der Waals surface area contributed by atoms with Crippen molar-refractivity contribution in [2.45, 2.75) is 26.7 Å². The number of carbonyl (C=O) groups is 1. The summed E-state index contributed by atoms with van der Waals surface area (Å²) in [6.07, 6.45) is 3.10. The van der Waals surface area contributed by atoms with Crippen LogP contribution in [0.1, 0.15) is 26.7 Å². The van der Waals surface area contributed by atoms with Gasteiger partial charge >= 0.3 is 0 Å². The van der Waals surface area contributed by atoms with E-state index in [4.69, 9.17) is 0 Å². The van der Waals surface area contributed by atoms with Gasteiger partial charge in [0.05, 0.1) is 6.26 Å². The van der Waals surface area contributed by atoms with Crippen molar-refractivity contribution in [3.05, 3.63) is 0 Å². The van der Waals surface area contributed by atoms with E-state index in [0.717, 1.165) is 12.8 Å². The zero-order valence-electron chi connectivity index (χ0n) is 10.8. The summed E-state index contributed by atoms with van der Waals surface area (Å²) in [4.78, 5) is 13.8. The molecule has 6 heteroatoms. The quantitative estimate of drug-likeness (QED) is 0.742. The van der Waals surface area contributed by atoms with E-state index in [1.54, 1.807) is 4.90 Å². The number of amides is 1. The average molecular weight is 262 g/mol. The minimum atomic E-state index is -3.11. The molecule has 1 unspecified atom stereocenters. The predicted octanol–water partition coefficient (Wildman–Crippen LogP) is 0.526. The number of hydrogen-bond donors (Lipinski definition) is 0. The zero-order valence-corrected chi connectivity index (χ0v) is 11.7. The van der Waals surface area contributed by atoms with Crippen LogP contribution in [0.5, 0.6) is 0 Å². The molecule has 100 valence electrons. The summed E-state index contributed by atoms with van der Waals surface area (Å²) in [5, 5.41) is 0. The number of piperazine rings is 1. The molecule has 0 aromatic carbocycles. The molecule has 0 aromatic heterocycles. The first-order chi connectivity index (χ1) is 7.86. The van der Waals surface area contributed by atoms with Crippen molar-refractivity contribution in [2.75, 3.05) is 32.4 Å². The van der Waals surface area contributed by atoms with Crippen molar-refractivity contribution in [1.29, 1.82) is 0 Å². The molecule has 17 heavy (non-hydrogen) atoms. The average Bonchev–Trinajstić information content (AvgIpc) is 2.27. The fourth-order valence-electron chi connectivity index (χ4n) is 2.11. The molecule has 0 spiro atoms. The smallest absolute Gasteiger partial charge is 0.225 e. The highest BCUT2D eigenvalue weighted by Crippen LogP contribution is 2.13. The molecule has 0 aromatic rings. The van der Waals surface area contributed by atoms with Gasteiger partial charge in [-0.15, -0.1) is 0 Å². The van der Waals surface area contributed by atoms with Crippen LogP contribution < -0.4 is 0 Å².